The molecular weight excluding hydrogens is 294 g/mol. The van der Waals surface area contributed by atoms with E-state index in [4.69, 9.17) is 5.11 Å². The van der Waals surface area contributed by atoms with E-state index in [1.165, 1.54) is 6.08 Å². The zero-order valence-electron chi connectivity index (χ0n) is 11.8. The Kier molecular flexibility index (Phi) is 5.66. The largest absolute Gasteiger partial charge is 0.478 e. The van der Waals surface area contributed by atoms with E-state index < -0.39 is 15.8 Å². The molecule has 114 valence electrons. The number of carboxylic acids is 1. The Hall–Kier alpha value is -2.15. The van der Waals surface area contributed by atoms with Gasteiger partial charge in [0, 0.05) is 24.4 Å². The lowest BCUT2D eigenvalue weighted by Crippen LogP contribution is -2.28. The molecular formula is C14H17NO5S. The topological polar surface area (TPSA) is 101 Å². The normalized spacial score (nSPS) is 11.5. The summed E-state index contributed by atoms with van der Waals surface area (Å²) in [6.07, 6.45) is 3.57. The van der Waals surface area contributed by atoms with Crippen molar-refractivity contribution in [3.05, 3.63) is 41.0 Å². The first kappa shape index (κ1) is 16.9. The third-order valence-corrected chi connectivity index (χ3v) is 3.64. The second-order valence-corrected chi connectivity index (χ2v) is 6.89. The molecule has 0 aliphatic rings. The zero-order valence-corrected chi connectivity index (χ0v) is 12.6. The summed E-state index contributed by atoms with van der Waals surface area (Å²) in [5.74, 6) is -1.52. The third kappa shape index (κ3) is 6.22. The summed E-state index contributed by atoms with van der Waals surface area (Å²) in [7, 11) is -3.11. The summed E-state index contributed by atoms with van der Waals surface area (Å²) in [6, 6.07) is 4.82. The molecule has 1 amide bonds. The number of aryl methyl sites for hydroxylation is 1. The minimum atomic E-state index is -3.11. The molecule has 0 bridgehead atoms. The van der Waals surface area contributed by atoms with Crippen LogP contribution in [0.25, 0.3) is 6.08 Å². The molecule has 6 nitrogen and oxygen atoms in total. The standard InChI is InChI=1S/C14H17NO5S/c1-10-9-12(4-3-11(10)5-6-13(16)17)14(18)15-7-8-21(2,19)20/h3-6,9H,7-8H2,1-2H3,(H,15,18)(H,16,17)/b6-5+. The molecule has 0 saturated heterocycles. The van der Waals surface area contributed by atoms with Gasteiger partial charge >= 0.3 is 5.97 Å². The van der Waals surface area contributed by atoms with Gasteiger partial charge in [-0.05, 0) is 36.3 Å². The smallest absolute Gasteiger partial charge is 0.328 e. The van der Waals surface area contributed by atoms with Crippen molar-refractivity contribution in [1.82, 2.24) is 5.32 Å². The number of carbonyl (C=O) groups excluding carboxylic acids is 1. The van der Waals surface area contributed by atoms with Gasteiger partial charge in [-0.15, -0.1) is 0 Å². The van der Waals surface area contributed by atoms with Crippen LogP contribution in [0.15, 0.2) is 24.3 Å². The van der Waals surface area contributed by atoms with Crippen LogP contribution in [-0.4, -0.2) is 44.0 Å². The van der Waals surface area contributed by atoms with Gasteiger partial charge in [0.1, 0.15) is 9.84 Å². The van der Waals surface area contributed by atoms with E-state index in [2.05, 4.69) is 5.32 Å². The zero-order chi connectivity index (χ0) is 16.0. The van der Waals surface area contributed by atoms with Crippen LogP contribution in [0.3, 0.4) is 0 Å². The molecule has 0 atom stereocenters. The van der Waals surface area contributed by atoms with Crippen LogP contribution >= 0.6 is 0 Å². The molecule has 1 aromatic rings. The highest BCUT2D eigenvalue weighted by Crippen LogP contribution is 2.13. The molecule has 0 saturated carbocycles. The Balaban J connectivity index is 2.74. The molecule has 1 rings (SSSR count). The number of carbonyl (C=O) groups is 2. The number of aliphatic carboxylic acids is 1. The predicted octanol–water partition coefficient (Wildman–Crippen LogP) is 0.867. The van der Waals surface area contributed by atoms with Crippen molar-refractivity contribution in [2.75, 3.05) is 18.6 Å². The Morgan fingerprint density at radius 3 is 2.52 bits per heavy atom. The quantitative estimate of drug-likeness (QED) is 0.759. The average molecular weight is 311 g/mol. The van der Waals surface area contributed by atoms with Crippen molar-refractivity contribution in [1.29, 1.82) is 0 Å². The van der Waals surface area contributed by atoms with E-state index in [0.29, 0.717) is 11.1 Å². The van der Waals surface area contributed by atoms with E-state index in [1.54, 1.807) is 25.1 Å². The molecule has 0 unspecified atom stereocenters. The molecule has 1 aromatic carbocycles. The third-order valence-electron chi connectivity index (χ3n) is 2.70. The minimum absolute atomic E-state index is 0.0530. The lowest BCUT2D eigenvalue weighted by atomic mass is 10.0. The Morgan fingerprint density at radius 2 is 2.00 bits per heavy atom. The number of sulfone groups is 1. The van der Waals surface area contributed by atoms with E-state index >= 15 is 0 Å². The molecule has 0 spiro atoms. The molecule has 0 fully saturated rings. The summed E-state index contributed by atoms with van der Waals surface area (Å²) in [6.45, 7) is 1.81. The molecule has 0 radical (unpaired) electrons. The summed E-state index contributed by atoms with van der Waals surface area (Å²) >= 11 is 0. The van der Waals surface area contributed by atoms with Gasteiger partial charge in [-0.1, -0.05) is 6.07 Å². The summed E-state index contributed by atoms with van der Waals surface area (Å²) in [4.78, 5) is 22.3. The first-order valence-corrected chi connectivity index (χ1v) is 8.22. The van der Waals surface area contributed by atoms with Gasteiger partial charge in [-0.3, -0.25) is 4.79 Å². The second-order valence-electron chi connectivity index (χ2n) is 4.63. The number of hydrogen-bond donors (Lipinski definition) is 2. The summed E-state index contributed by atoms with van der Waals surface area (Å²) in [5, 5.41) is 11.1. The molecule has 21 heavy (non-hydrogen) atoms. The maximum atomic E-state index is 11.8. The molecule has 2 N–H and O–H groups in total. The summed E-state index contributed by atoms with van der Waals surface area (Å²) < 4.78 is 21.9. The fraction of sp³-hybridized carbons (Fsp3) is 0.286. The fourth-order valence-electron chi connectivity index (χ4n) is 1.62. The highest BCUT2D eigenvalue weighted by atomic mass is 32.2. The van der Waals surface area contributed by atoms with Crippen molar-refractivity contribution in [3.8, 4) is 0 Å². The van der Waals surface area contributed by atoms with Crippen molar-refractivity contribution in [3.63, 3.8) is 0 Å². The maximum absolute atomic E-state index is 11.8. The summed E-state index contributed by atoms with van der Waals surface area (Å²) in [5.41, 5.74) is 1.85. The van der Waals surface area contributed by atoms with Crippen LogP contribution in [0.2, 0.25) is 0 Å². The number of carboxylic acid groups (broad SMARTS) is 1. The fourth-order valence-corrected chi connectivity index (χ4v) is 2.09. The number of benzene rings is 1. The van der Waals surface area contributed by atoms with Gasteiger partial charge in [-0.2, -0.15) is 0 Å². The van der Waals surface area contributed by atoms with Crippen molar-refractivity contribution < 1.29 is 23.1 Å². The predicted molar refractivity (Wildman–Crippen MR) is 79.9 cm³/mol. The lowest BCUT2D eigenvalue weighted by Gasteiger charge is -2.07. The van der Waals surface area contributed by atoms with Gasteiger partial charge in [0.25, 0.3) is 5.91 Å². The molecule has 0 aromatic heterocycles. The van der Waals surface area contributed by atoms with Crippen LogP contribution in [-0.2, 0) is 14.6 Å². The van der Waals surface area contributed by atoms with E-state index in [9.17, 15) is 18.0 Å². The highest BCUT2D eigenvalue weighted by molar-refractivity contribution is 7.90. The van der Waals surface area contributed by atoms with Crippen LogP contribution in [0.1, 0.15) is 21.5 Å². The first-order valence-electron chi connectivity index (χ1n) is 6.16. The van der Waals surface area contributed by atoms with Gasteiger partial charge < -0.3 is 10.4 Å². The Morgan fingerprint density at radius 1 is 1.33 bits per heavy atom. The van der Waals surface area contributed by atoms with Crippen LogP contribution in [0.4, 0.5) is 0 Å². The van der Waals surface area contributed by atoms with Crippen molar-refractivity contribution in [2.24, 2.45) is 0 Å². The number of rotatable bonds is 6. The van der Waals surface area contributed by atoms with Gasteiger partial charge in [-0.25, -0.2) is 13.2 Å². The highest BCUT2D eigenvalue weighted by Gasteiger charge is 2.08. The second kappa shape index (κ2) is 7.03. The SMILES string of the molecule is Cc1cc(C(=O)NCCS(C)(=O)=O)ccc1/C=C/C(=O)O. The lowest BCUT2D eigenvalue weighted by molar-refractivity contribution is -0.131. The molecule has 0 aliphatic carbocycles. The maximum Gasteiger partial charge on any atom is 0.328 e. The van der Waals surface area contributed by atoms with E-state index in [1.807, 2.05) is 0 Å². The van der Waals surface area contributed by atoms with Crippen LogP contribution in [0, 0.1) is 6.92 Å². The first-order chi connectivity index (χ1) is 9.69. The monoisotopic (exact) mass is 311 g/mol. The molecule has 0 heterocycles. The number of amides is 1. The van der Waals surface area contributed by atoms with Crippen LogP contribution < -0.4 is 5.32 Å². The van der Waals surface area contributed by atoms with E-state index in [0.717, 1.165) is 17.9 Å². The molecule has 0 aliphatic heterocycles. The van der Waals surface area contributed by atoms with Crippen molar-refractivity contribution >= 4 is 27.8 Å². The number of hydrogen-bond acceptors (Lipinski definition) is 4. The van der Waals surface area contributed by atoms with E-state index in [-0.39, 0.29) is 18.2 Å². The Bertz CT molecular complexity index is 677. The Labute approximate surface area is 123 Å². The average Bonchev–Trinajstić information content (AvgIpc) is 2.35. The van der Waals surface area contributed by atoms with Crippen molar-refractivity contribution in [2.45, 2.75) is 6.92 Å². The van der Waals surface area contributed by atoms with Crippen LogP contribution in [0.5, 0.6) is 0 Å². The minimum Gasteiger partial charge on any atom is -0.478 e. The van der Waals surface area contributed by atoms with Gasteiger partial charge in [0.2, 0.25) is 0 Å². The molecule has 7 heteroatoms. The van der Waals surface area contributed by atoms with Gasteiger partial charge in [0.05, 0.1) is 5.75 Å². The number of nitrogens with one attached hydrogen (secondary N) is 1. The van der Waals surface area contributed by atoms with Gasteiger partial charge in [0.15, 0.2) is 0 Å².